The van der Waals surface area contributed by atoms with Gasteiger partial charge in [0, 0.05) is 37.9 Å². The standard InChI is InChI=1S/C31H30N6O/c38-31(35-27-11-4-5-12-29(27)36-19-16-32-17-20-36)28-15-18-37-30(34-28)26(22-33-37)25-10-6-9-24(21-25)14-13-23-7-2-1-3-8-23/h1-12,15,18,21-22,32H,13-14,16-17,19-20H2,(H,35,38). The fourth-order valence-electron chi connectivity index (χ4n) is 4.97. The Hall–Kier alpha value is -4.49. The number of carbonyl (C=O) groups excluding carboxylic acids is 1. The second-order valence-corrected chi connectivity index (χ2v) is 9.53. The molecule has 2 N–H and O–H groups in total. The molecule has 1 amide bonds. The Morgan fingerprint density at radius 2 is 1.63 bits per heavy atom. The molecule has 1 aliphatic heterocycles. The summed E-state index contributed by atoms with van der Waals surface area (Å²) in [6, 6.07) is 28.7. The summed E-state index contributed by atoms with van der Waals surface area (Å²) < 4.78 is 1.72. The Balaban J connectivity index is 1.24. The van der Waals surface area contributed by atoms with E-state index in [-0.39, 0.29) is 5.91 Å². The molecule has 0 saturated carbocycles. The van der Waals surface area contributed by atoms with E-state index in [0.29, 0.717) is 11.3 Å². The van der Waals surface area contributed by atoms with E-state index >= 15 is 0 Å². The molecule has 7 heteroatoms. The molecule has 0 atom stereocenters. The summed E-state index contributed by atoms with van der Waals surface area (Å²) in [6.45, 7) is 3.66. The minimum Gasteiger partial charge on any atom is -0.367 e. The van der Waals surface area contributed by atoms with Crippen molar-refractivity contribution >= 4 is 22.9 Å². The van der Waals surface area contributed by atoms with Crippen molar-refractivity contribution in [3.8, 4) is 11.1 Å². The molecule has 0 radical (unpaired) electrons. The average Bonchev–Trinajstić information content (AvgIpc) is 3.41. The Bertz CT molecular complexity index is 1560. The first-order valence-electron chi connectivity index (χ1n) is 13.1. The number of amides is 1. The highest BCUT2D eigenvalue weighted by molar-refractivity contribution is 6.05. The lowest BCUT2D eigenvalue weighted by Crippen LogP contribution is -2.43. The second-order valence-electron chi connectivity index (χ2n) is 9.53. The fourth-order valence-corrected chi connectivity index (χ4v) is 4.97. The zero-order valence-corrected chi connectivity index (χ0v) is 21.2. The van der Waals surface area contributed by atoms with Gasteiger partial charge in [-0.05, 0) is 47.7 Å². The normalized spacial score (nSPS) is 13.5. The monoisotopic (exact) mass is 502 g/mol. The van der Waals surface area contributed by atoms with Crippen molar-refractivity contribution in [3.05, 3.63) is 114 Å². The smallest absolute Gasteiger partial charge is 0.274 e. The first-order valence-corrected chi connectivity index (χ1v) is 13.1. The molecule has 0 spiro atoms. The van der Waals surface area contributed by atoms with Gasteiger partial charge in [0.15, 0.2) is 5.65 Å². The Labute approximate surface area is 222 Å². The van der Waals surface area contributed by atoms with Crippen molar-refractivity contribution in [1.29, 1.82) is 0 Å². The van der Waals surface area contributed by atoms with Gasteiger partial charge in [-0.2, -0.15) is 5.10 Å². The van der Waals surface area contributed by atoms with E-state index in [1.165, 1.54) is 11.1 Å². The van der Waals surface area contributed by atoms with Crippen LogP contribution in [0, 0.1) is 0 Å². The highest BCUT2D eigenvalue weighted by Crippen LogP contribution is 2.28. The SMILES string of the molecule is O=C(Nc1ccccc1N1CCNCC1)c1ccn2ncc(-c3cccc(CCc4ccccc4)c3)c2n1. The zero-order chi connectivity index (χ0) is 25.7. The van der Waals surface area contributed by atoms with Crippen LogP contribution >= 0.6 is 0 Å². The number of aromatic nitrogens is 3. The molecule has 38 heavy (non-hydrogen) atoms. The topological polar surface area (TPSA) is 74.6 Å². The van der Waals surface area contributed by atoms with E-state index in [4.69, 9.17) is 4.98 Å². The molecule has 0 aliphatic carbocycles. The predicted molar refractivity (Wildman–Crippen MR) is 152 cm³/mol. The summed E-state index contributed by atoms with van der Waals surface area (Å²) in [4.78, 5) is 20.3. The van der Waals surface area contributed by atoms with E-state index in [2.05, 4.69) is 75.2 Å². The number of piperazine rings is 1. The number of anilines is 2. The summed E-state index contributed by atoms with van der Waals surface area (Å²) in [5.74, 6) is -0.237. The summed E-state index contributed by atoms with van der Waals surface area (Å²) in [5, 5.41) is 11.0. The van der Waals surface area contributed by atoms with Crippen LogP contribution in [-0.4, -0.2) is 46.7 Å². The van der Waals surface area contributed by atoms with E-state index in [0.717, 1.165) is 61.5 Å². The van der Waals surface area contributed by atoms with Crippen LogP contribution in [0.1, 0.15) is 21.6 Å². The maximum absolute atomic E-state index is 13.3. The minimum atomic E-state index is -0.237. The maximum atomic E-state index is 13.3. The van der Waals surface area contributed by atoms with Crippen LogP contribution in [0.4, 0.5) is 11.4 Å². The molecule has 190 valence electrons. The summed E-state index contributed by atoms with van der Waals surface area (Å²) >= 11 is 0. The van der Waals surface area contributed by atoms with Gasteiger partial charge in [-0.15, -0.1) is 0 Å². The third-order valence-electron chi connectivity index (χ3n) is 6.99. The maximum Gasteiger partial charge on any atom is 0.274 e. The number of hydrogen-bond donors (Lipinski definition) is 2. The first-order chi connectivity index (χ1) is 18.7. The number of para-hydroxylation sites is 2. The molecule has 5 aromatic rings. The van der Waals surface area contributed by atoms with Crippen molar-refractivity contribution in [2.75, 3.05) is 36.4 Å². The number of rotatable bonds is 7. The quantitative estimate of drug-likeness (QED) is 0.333. The summed E-state index contributed by atoms with van der Waals surface area (Å²) in [5.41, 5.74) is 7.36. The minimum absolute atomic E-state index is 0.237. The van der Waals surface area contributed by atoms with E-state index < -0.39 is 0 Å². The highest BCUT2D eigenvalue weighted by Gasteiger charge is 2.18. The van der Waals surface area contributed by atoms with Gasteiger partial charge in [0.2, 0.25) is 0 Å². The molecule has 7 nitrogen and oxygen atoms in total. The number of nitrogens with zero attached hydrogens (tertiary/aromatic N) is 4. The third kappa shape index (κ3) is 5.14. The molecule has 1 saturated heterocycles. The molecule has 2 aromatic heterocycles. The molecule has 3 heterocycles. The van der Waals surface area contributed by atoms with Crippen molar-refractivity contribution < 1.29 is 4.79 Å². The molecular formula is C31H30N6O. The first kappa shape index (κ1) is 23.9. The molecule has 6 rings (SSSR count). The van der Waals surface area contributed by atoms with Gasteiger partial charge in [0.1, 0.15) is 5.69 Å². The van der Waals surface area contributed by atoms with Crippen LogP contribution in [0.3, 0.4) is 0 Å². The molecule has 3 aromatic carbocycles. The summed E-state index contributed by atoms with van der Waals surface area (Å²) in [7, 11) is 0. The number of carbonyl (C=O) groups is 1. The van der Waals surface area contributed by atoms with Crippen molar-refractivity contribution in [2.24, 2.45) is 0 Å². The Morgan fingerprint density at radius 3 is 2.50 bits per heavy atom. The number of hydrogen-bond acceptors (Lipinski definition) is 5. The number of nitrogens with one attached hydrogen (secondary N) is 2. The largest absolute Gasteiger partial charge is 0.367 e. The summed E-state index contributed by atoms with van der Waals surface area (Å²) in [6.07, 6.45) is 5.55. The van der Waals surface area contributed by atoms with Gasteiger partial charge in [-0.1, -0.05) is 66.7 Å². The molecule has 1 fully saturated rings. The molecule has 0 unspecified atom stereocenters. The zero-order valence-electron chi connectivity index (χ0n) is 21.2. The van der Waals surface area contributed by atoms with Gasteiger partial charge in [0.05, 0.1) is 17.6 Å². The van der Waals surface area contributed by atoms with E-state index in [1.807, 2.05) is 30.5 Å². The van der Waals surface area contributed by atoms with Gasteiger partial charge in [-0.3, -0.25) is 4.79 Å². The highest BCUT2D eigenvalue weighted by atomic mass is 16.1. The van der Waals surface area contributed by atoms with Crippen molar-refractivity contribution in [2.45, 2.75) is 12.8 Å². The van der Waals surface area contributed by atoms with Crippen LogP contribution in [0.5, 0.6) is 0 Å². The van der Waals surface area contributed by atoms with Gasteiger partial charge in [-0.25, -0.2) is 9.50 Å². The van der Waals surface area contributed by atoms with Crippen LogP contribution in [0.15, 0.2) is 97.3 Å². The van der Waals surface area contributed by atoms with E-state index in [9.17, 15) is 4.79 Å². The number of aryl methyl sites for hydroxylation is 2. The average molecular weight is 503 g/mol. The van der Waals surface area contributed by atoms with Crippen molar-refractivity contribution in [3.63, 3.8) is 0 Å². The predicted octanol–water partition coefficient (Wildman–Crippen LogP) is 4.84. The lowest BCUT2D eigenvalue weighted by molar-refractivity contribution is 0.102. The van der Waals surface area contributed by atoms with Gasteiger partial charge in [0.25, 0.3) is 5.91 Å². The van der Waals surface area contributed by atoms with Gasteiger partial charge >= 0.3 is 0 Å². The third-order valence-corrected chi connectivity index (χ3v) is 6.99. The molecule has 0 bridgehead atoms. The molecule has 1 aliphatic rings. The number of benzene rings is 3. The lowest BCUT2D eigenvalue weighted by atomic mass is 10.0. The van der Waals surface area contributed by atoms with Crippen molar-refractivity contribution in [1.82, 2.24) is 19.9 Å². The van der Waals surface area contributed by atoms with Crippen LogP contribution in [-0.2, 0) is 12.8 Å². The van der Waals surface area contributed by atoms with E-state index in [1.54, 1.807) is 16.8 Å². The Kier molecular flexibility index (Phi) is 6.83. The second kappa shape index (κ2) is 10.9. The van der Waals surface area contributed by atoms with Crippen LogP contribution in [0.25, 0.3) is 16.8 Å². The fraction of sp³-hybridized carbons (Fsp3) is 0.194. The number of fused-ring (bicyclic) bond motifs is 1. The molecular weight excluding hydrogens is 472 g/mol. The Morgan fingerprint density at radius 1 is 0.868 bits per heavy atom. The van der Waals surface area contributed by atoms with Gasteiger partial charge < -0.3 is 15.5 Å². The van der Waals surface area contributed by atoms with Crippen LogP contribution < -0.4 is 15.5 Å². The lowest BCUT2D eigenvalue weighted by Gasteiger charge is -2.31. The van der Waals surface area contributed by atoms with Crippen LogP contribution in [0.2, 0.25) is 0 Å².